The zero-order chi connectivity index (χ0) is 6.57. The van der Waals surface area contributed by atoms with Crippen molar-refractivity contribution in [3.8, 4) is 0 Å². The Hall–Kier alpha value is -0.900. The van der Waals surface area contributed by atoms with Gasteiger partial charge in [-0.3, -0.25) is 10.2 Å². The van der Waals surface area contributed by atoms with Crippen LogP contribution in [-0.2, 0) is 4.79 Å². The Labute approximate surface area is 47.5 Å². The molecule has 0 saturated carbocycles. The first-order valence-electron chi connectivity index (χ1n) is 2.20. The van der Waals surface area contributed by atoms with Crippen LogP contribution in [0.15, 0.2) is 0 Å². The Morgan fingerprint density at radius 1 is 1.88 bits per heavy atom. The number of nitrogens with one attached hydrogen (secondary N) is 2. The highest BCUT2D eigenvalue weighted by atomic mass is 16.2. The summed E-state index contributed by atoms with van der Waals surface area (Å²) in [6.07, 6.45) is 0.0937. The molecule has 0 aromatic carbocycles. The summed E-state index contributed by atoms with van der Waals surface area (Å²) < 4.78 is 0. The summed E-state index contributed by atoms with van der Waals surface area (Å²) in [5.41, 5.74) is 2.23. The van der Waals surface area contributed by atoms with Gasteiger partial charge in [0.05, 0.1) is 6.42 Å². The van der Waals surface area contributed by atoms with Gasteiger partial charge >= 0.3 is 0 Å². The number of carbonyl (C=O) groups is 1. The minimum atomic E-state index is -0.322. The maximum absolute atomic E-state index is 10.2. The van der Waals surface area contributed by atoms with E-state index in [0.29, 0.717) is 5.71 Å². The monoisotopic (exact) mass is 115 g/mol. The quantitative estimate of drug-likeness (QED) is 0.194. The number of amides is 1. The summed E-state index contributed by atoms with van der Waals surface area (Å²) in [5.74, 6) is 4.40. The van der Waals surface area contributed by atoms with E-state index in [9.17, 15) is 4.79 Å². The molecular formula is C4H9N3O. The molecule has 0 saturated heterocycles. The molecule has 4 heteroatoms. The molecule has 0 aromatic rings. The predicted molar refractivity (Wildman–Crippen MR) is 30.3 cm³/mol. The molecule has 0 heterocycles. The van der Waals surface area contributed by atoms with E-state index in [2.05, 4.69) is 0 Å². The highest BCUT2D eigenvalue weighted by Gasteiger charge is 1.96. The SMILES string of the molecule is CC(=N)CC(=O)NN. The highest BCUT2D eigenvalue weighted by Crippen LogP contribution is 1.78. The average Bonchev–Trinajstić information content (AvgIpc) is 1.65. The molecule has 0 aromatic heterocycles. The minimum absolute atomic E-state index is 0.0937. The first kappa shape index (κ1) is 7.10. The van der Waals surface area contributed by atoms with E-state index in [4.69, 9.17) is 11.3 Å². The average molecular weight is 115 g/mol. The van der Waals surface area contributed by atoms with Gasteiger partial charge in [0, 0.05) is 5.71 Å². The lowest BCUT2D eigenvalue weighted by Gasteiger charge is -1.93. The Morgan fingerprint density at radius 3 is 2.50 bits per heavy atom. The van der Waals surface area contributed by atoms with Crippen LogP contribution >= 0.6 is 0 Å². The topological polar surface area (TPSA) is 79.0 Å². The Balaban J connectivity index is 3.40. The summed E-state index contributed by atoms with van der Waals surface area (Å²) in [4.78, 5) is 10.2. The normalized spacial score (nSPS) is 8.25. The molecule has 0 unspecified atom stereocenters. The van der Waals surface area contributed by atoms with Crippen LogP contribution in [0.3, 0.4) is 0 Å². The minimum Gasteiger partial charge on any atom is -0.309 e. The van der Waals surface area contributed by atoms with Gasteiger partial charge in [-0.1, -0.05) is 0 Å². The van der Waals surface area contributed by atoms with E-state index in [1.165, 1.54) is 0 Å². The highest BCUT2D eigenvalue weighted by molar-refractivity contribution is 5.97. The van der Waals surface area contributed by atoms with Crippen molar-refractivity contribution in [2.24, 2.45) is 5.84 Å². The summed E-state index contributed by atoms with van der Waals surface area (Å²) in [5, 5.41) is 6.81. The number of rotatable bonds is 2. The summed E-state index contributed by atoms with van der Waals surface area (Å²) >= 11 is 0. The zero-order valence-corrected chi connectivity index (χ0v) is 4.69. The fourth-order valence-electron chi connectivity index (χ4n) is 0.292. The summed E-state index contributed by atoms with van der Waals surface area (Å²) in [6, 6.07) is 0. The Morgan fingerprint density at radius 2 is 2.38 bits per heavy atom. The third kappa shape index (κ3) is 3.30. The predicted octanol–water partition coefficient (Wildman–Crippen LogP) is -0.594. The van der Waals surface area contributed by atoms with Crippen LogP contribution in [0, 0.1) is 5.41 Å². The lowest BCUT2D eigenvalue weighted by atomic mass is 10.3. The standard InChI is InChI=1S/C4H9N3O/c1-3(5)2-4(8)7-6/h5H,2,6H2,1H3,(H,7,8). The number of hydrazine groups is 1. The molecule has 1 amide bonds. The van der Waals surface area contributed by atoms with Gasteiger partial charge in [-0.25, -0.2) is 5.84 Å². The number of hydrogen-bond acceptors (Lipinski definition) is 3. The first-order chi connectivity index (χ1) is 3.66. The van der Waals surface area contributed by atoms with E-state index in [0.717, 1.165) is 0 Å². The van der Waals surface area contributed by atoms with Gasteiger partial charge in [0.1, 0.15) is 0 Å². The molecule has 0 aliphatic carbocycles. The van der Waals surface area contributed by atoms with Gasteiger partial charge in [-0.05, 0) is 6.92 Å². The third-order valence-corrected chi connectivity index (χ3v) is 0.587. The maximum Gasteiger partial charge on any atom is 0.239 e. The molecule has 0 radical (unpaired) electrons. The third-order valence-electron chi connectivity index (χ3n) is 0.587. The van der Waals surface area contributed by atoms with Crippen LogP contribution in [-0.4, -0.2) is 11.6 Å². The lowest BCUT2D eigenvalue weighted by molar-refractivity contribution is -0.119. The van der Waals surface area contributed by atoms with Crippen molar-refractivity contribution in [3.63, 3.8) is 0 Å². The van der Waals surface area contributed by atoms with Gasteiger partial charge in [0.25, 0.3) is 0 Å². The van der Waals surface area contributed by atoms with E-state index >= 15 is 0 Å². The molecule has 0 spiro atoms. The molecule has 0 rings (SSSR count). The number of nitrogens with two attached hydrogens (primary N) is 1. The molecule has 0 fully saturated rings. The molecule has 4 nitrogen and oxygen atoms in total. The molecule has 0 aliphatic rings. The van der Waals surface area contributed by atoms with Crippen LogP contribution in [0.2, 0.25) is 0 Å². The van der Waals surface area contributed by atoms with Crippen LogP contribution < -0.4 is 11.3 Å². The van der Waals surface area contributed by atoms with Crippen molar-refractivity contribution in [2.75, 3.05) is 0 Å². The van der Waals surface area contributed by atoms with E-state index in [1.807, 2.05) is 5.43 Å². The summed E-state index contributed by atoms with van der Waals surface area (Å²) in [7, 11) is 0. The molecular weight excluding hydrogens is 106 g/mol. The largest absolute Gasteiger partial charge is 0.309 e. The van der Waals surface area contributed by atoms with Crippen LogP contribution in [0.25, 0.3) is 0 Å². The maximum atomic E-state index is 10.2. The van der Waals surface area contributed by atoms with Crippen molar-refractivity contribution in [1.29, 1.82) is 5.41 Å². The van der Waals surface area contributed by atoms with E-state index < -0.39 is 0 Å². The molecule has 0 bridgehead atoms. The van der Waals surface area contributed by atoms with Gasteiger partial charge in [0.15, 0.2) is 0 Å². The van der Waals surface area contributed by atoms with Crippen LogP contribution in [0.1, 0.15) is 13.3 Å². The van der Waals surface area contributed by atoms with E-state index in [1.54, 1.807) is 6.92 Å². The number of carbonyl (C=O) groups excluding carboxylic acids is 1. The second kappa shape index (κ2) is 3.15. The lowest BCUT2D eigenvalue weighted by Crippen LogP contribution is -2.31. The second-order valence-electron chi connectivity index (χ2n) is 1.52. The fraction of sp³-hybridized carbons (Fsp3) is 0.500. The molecule has 8 heavy (non-hydrogen) atoms. The van der Waals surface area contributed by atoms with Crippen molar-refractivity contribution in [2.45, 2.75) is 13.3 Å². The fourth-order valence-corrected chi connectivity index (χ4v) is 0.292. The van der Waals surface area contributed by atoms with Crippen molar-refractivity contribution in [1.82, 2.24) is 5.43 Å². The molecule has 0 aliphatic heterocycles. The van der Waals surface area contributed by atoms with Crippen molar-refractivity contribution >= 4 is 11.6 Å². The molecule has 4 N–H and O–H groups in total. The first-order valence-corrected chi connectivity index (χ1v) is 2.20. The number of hydrogen-bond donors (Lipinski definition) is 3. The van der Waals surface area contributed by atoms with Crippen LogP contribution in [0.4, 0.5) is 0 Å². The summed E-state index contributed by atoms with van der Waals surface area (Å²) in [6.45, 7) is 1.55. The zero-order valence-electron chi connectivity index (χ0n) is 4.69. The molecule has 0 atom stereocenters. The van der Waals surface area contributed by atoms with Gasteiger partial charge in [-0.15, -0.1) is 0 Å². The van der Waals surface area contributed by atoms with Crippen molar-refractivity contribution in [3.05, 3.63) is 0 Å². The van der Waals surface area contributed by atoms with Gasteiger partial charge < -0.3 is 5.41 Å². The van der Waals surface area contributed by atoms with Gasteiger partial charge in [-0.2, -0.15) is 0 Å². The van der Waals surface area contributed by atoms with Crippen molar-refractivity contribution < 1.29 is 4.79 Å². The smallest absolute Gasteiger partial charge is 0.239 e. The van der Waals surface area contributed by atoms with E-state index in [-0.39, 0.29) is 12.3 Å². The Kier molecular flexibility index (Phi) is 2.79. The van der Waals surface area contributed by atoms with Gasteiger partial charge in [0.2, 0.25) is 5.91 Å². The Bertz CT molecular complexity index is 110. The molecule has 46 valence electrons. The second-order valence-corrected chi connectivity index (χ2v) is 1.52. The van der Waals surface area contributed by atoms with Crippen LogP contribution in [0.5, 0.6) is 0 Å².